The molecule has 1 saturated heterocycles. The van der Waals surface area contributed by atoms with Crippen LogP contribution in [0.2, 0.25) is 0 Å². The highest BCUT2D eigenvalue weighted by Gasteiger charge is 2.30. The largest absolute Gasteiger partial charge is 0.444 e. The molecule has 4 aliphatic rings. The van der Waals surface area contributed by atoms with E-state index in [0.29, 0.717) is 37.4 Å². The number of piperazine rings is 1. The number of nitrogens with one attached hydrogen (secondary N) is 1. The van der Waals surface area contributed by atoms with Crippen LogP contribution in [0.15, 0.2) is 30.5 Å². The summed E-state index contributed by atoms with van der Waals surface area (Å²) in [4.78, 5) is 40.5. The van der Waals surface area contributed by atoms with E-state index in [1.807, 2.05) is 25.7 Å². The topological polar surface area (TPSA) is 100 Å². The molecule has 10 nitrogen and oxygen atoms in total. The monoisotopic (exact) mass is 578 g/mol. The van der Waals surface area contributed by atoms with Gasteiger partial charge in [0.2, 0.25) is 5.95 Å². The van der Waals surface area contributed by atoms with Gasteiger partial charge in [-0.2, -0.15) is 4.98 Å². The summed E-state index contributed by atoms with van der Waals surface area (Å²) in [6, 6.07) is 9.17. The van der Waals surface area contributed by atoms with E-state index in [9.17, 15) is 9.59 Å². The van der Waals surface area contributed by atoms with Gasteiger partial charge in [0, 0.05) is 45.0 Å². The molecule has 1 aromatic heterocycles. The molecule has 6 rings (SSSR count). The molecule has 2 aromatic rings. The van der Waals surface area contributed by atoms with Gasteiger partial charge in [0.15, 0.2) is 0 Å². The molecule has 0 aliphatic carbocycles. The summed E-state index contributed by atoms with van der Waals surface area (Å²) in [6.07, 6.45) is 8.90. The molecule has 10 heteroatoms. The average molecular weight is 579 g/mol. The van der Waals surface area contributed by atoms with Crippen molar-refractivity contribution in [3.05, 3.63) is 47.2 Å². The number of nitrogens with zero attached hydrogens (tertiary/aromatic N) is 5. The molecule has 2 atom stereocenters. The molecule has 0 saturated carbocycles. The highest BCUT2D eigenvalue weighted by atomic mass is 16.6. The Morgan fingerprint density at radius 1 is 0.952 bits per heavy atom. The second kappa shape index (κ2) is 13.3. The van der Waals surface area contributed by atoms with Gasteiger partial charge in [0.25, 0.3) is 0 Å². The van der Waals surface area contributed by atoms with Crippen molar-refractivity contribution in [2.75, 3.05) is 42.9 Å². The Bertz CT molecular complexity index is 1220. The molecule has 1 aromatic carbocycles. The molecule has 4 bridgehead atoms. The number of ether oxygens (including phenoxy) is 2. The van der Waals surface area contributed by atoms with E-state index in [-0.39, 0.29) is 24.8 Å². The lowest BCUT2D eigenvalue weighted by molar-refractivity contribution is 0.00958. The molecule has 0 radical (unpaired) electrons. The molecular formula is C32H46N6O4. The zero-order valence-corrected chi connectivity index (χ0v) is 25.6. The van der Waals surface area contributed by atoms with Crippen LogP contribution in [-0.2, 0) is 16.1 Å². The van der Waals surface area contributed by atoms with Crippen LogP contribution in [0.3, 0.4) is 0 Å². The summed E-state index contributed by atoms with van der Waals surface area (Å²) in [5.74, 6) is 1.16. The molecule has 228 valence electrons. The van der Waals surface area contributed by atoms with Gasteiger partial charge in [-0.25, -0.2) is 14.6 Å². The van der Waals surface area contributed by atoms with Crippen molar-refractivity contribution < 1.29 is 19.1 Å². The third-order valence-corrected chi connectivity index (χ3v) is 8.35. The fourth-order valence-corrected chi connectivity index (χ4v) is 6.01. The van der Waals surface area contributed by atoms with Crippen molar-refractivity contribution >= 4 is 24.0 Å². The molecule has 42 heavy (non-hydrogen) atoms. The van der Waals surface area contributed by atoms with Crippen LogP contribution in [0, 0.1) is 0 Å². The molecule has 5 heterocycles. The molecule has 1 fully saturated rings. The van der Waals surface area contributed by atoms with E-state index in [0.717, 1.165) is 56.3 Å². The zero-order chi connectivity index (χ0) is 29.7. The maximum Gasteiger partial charge on any atom is 0.415 e. The number of aromatic nitrogens is 2. The van der Waals surface area contributed by atoms with Crippen LogP contribution in [0.25, 0.3) is 0 Å². The van der Waals surface area contributed by atoms with Crippen LogP contribution >= 0.6 is 0 Å². The summed E-state index contributed by atoms with van der Waals surface area (Å²) in [5.41, 5.74) is 2.80. The van der Waals surface area contributed by atoms with Crippen LogP contribution in [0.5, 0.6) is 0 Å². The SMILES string of the molecule is C[C@@H]1Nc2ncc3c(n2)N(CCCCCCCCC(N2CCN(C(=O)OC(C)(C)C)CC2)c2ccc1cc2)C(=O)OC3. The number of cyclic esters (lactones) is 1. The van der Waals surface area contributed by atoms with Gasteiger partial charge in [-0.3, -0.25) is 9.80 Å². The van der Waals surface area contributed by atoms with Gasteiger partial charge in [-0.1, -0.05) is 56.4 Å². The zero-order valence-electron chi connectivity index (χ0n) is 25.6. The Balaban J connectivity index is 1.31. The minimum Gasteiger partial charge on any atom is -0.444 e. The molecule has 4 aliphatic heterocycles. The van der Waals surface area contributed by atoms with Crippen molar-refractivity contribution in [3.8, 4) is 0 Å². The standard InChI is InChI=1S/C32H46N6O4/c1-23-24-12-14-25(15-13-24)27(36-17-19-37(20-18-36)30(39)42-32(2,3)4)11-9-7-5-6-8-10-16-38-28-26(22-41-31(38)40)21-33-29(34-23)35-28/h12-15,21,23,27H,5-11,16-20,22H2,1-4H3,(H,33,34,35)/t23-,27?/m0/s1. The Morgan fingerprint density at radius 3 is 2.33 bits per heavy atom. The second-order valence-corrected chi connectivity index (χ2v) is 12.7. The summed E-state index contributed by atoms with van der Waals surface area (Å²) in [7, 11) is 0. The number of carbonyl (C=O) groups excluding carboxylic acids is 2. The maximum absolute atomic E-state index is 12.6. The Morgan fingerprint density at radius 2 is 1.62 bits per heavy atom. The van der Waals surface area contributed by atoms with Gasteiger partial charge < -0.3 is 19.7 Å². The summed E-state index contributed by atoms with van der Waals surface area (Å²) in [5, 5.41) is 3.43. The number of rotatable bonds is 1. The summed E-state index contributed by atoms with van der Waals surface area (Å²) in [6.45, 7) is 11.6. The lowest BCUT2D eigenvalue weighted by atomic mass is 9.95. The highest BCUT2D eigenvalue weighted by Crippen LogP contribution is 2.31. The van der Waals surface area contributed by atoms with Crippen molar-refractivity contribution in [3.63, 3.8) is 0 Å². The third-order valence-electron chi connectivity index (χ3n) is 8.35. The van der Waals surface area contributed by atoms with E-state index in [1.54, 1.807) is 11.1 Å². The normalized spacial score (nSPS) is 22.8. The third kappa shape index (κ3) is 7.51. The van der Waals surface area contributed by atoms with E-state index in [4.69, 9.17) is 14.5 Å². The minimum atomic E-state index is -0.486. The lowest BCUT2D eigenvalue weighted by Gasteiger charge is -2.40. The fourth-order valence-electron chi connectivity index (χ4n) is 6.01. The quantitative estimate of drug-likeness (QED) is 0.412. The summed E-state index contributed by atoms with van der Waals surface area (Å²) < 4.78 is 11.0. The van der Waals surface area contributed by atoms with Crippen molar-refractivity contribution in [1.82, 2.24) is 19.8 Å². The fraction of sp³-hybridized carbons (Fsp3) is 0.625. The first-order valence-corrected chi connectivity index (χ1v) is 15.6. The van der Waals surface area contributed by atoms with E-state index in [1.165, 1.54) is 18.4 Å². The van der Waals surface area contributed by atoms with Crippen LogP contribution in [0.1, 0.15) is 101 Å². The van der Waals surface area contributed by atoms with E-state index in [2.05, 4.69) is 46.4 Å². The number of fused-ring (bicyclic) bond motifs is 11. The van der Waals surface area contributed by atoms with E-state index < -0.39 is 5.60 Å². The number of hydrogen-bond donors (Lipinski definition) is 1. The maximum atomic E-state index is 12.6. The lowest BCUT2D eigenvalue weighted by Crippen LogP contribution is -2.50. The van der Waals surface area contributed by atoms with Crippen molar-refractivity contribution in [2.24, 2.45) is 0 Å². The van der Waals surface area contributed by atoms with Crippen LogP contribution < -0.4 is 10.2 Å². The van der Waals surface area contributed by atoms with Crippen molar-refractivity contribution in [1.29, 1.82) is 0 Å². The van der Waals surface area contributed by atoms with Crippen LogP contribution in [0.4, 0.5) is 21.4 Å². The van der Waals surface area contributed by atoms with E-state index >= 15 is 0 Å². The predicted octanol–water partition coefficient (Wildman–Crippen LogP) is 6.44. The van der Waals surface area contributed by atoms with Crippen LogP contribution in [-0.4, -0.2) is 70.3 Å². The van der Waals surface area contributed by atoms with Gasteiger partial charge in [0.1, 0.15) is 18.0 Å². The Kier molecular flexibility index (Phi) is 9.50. The van der Waals surface area contributed by atoms with Crippen molar-refractivity contribution in [2.45, 2.75) is 96.9 Å². The first-order valence-electron chi connectivity index (χ1n) is 15.6. The van der Waals surface area contributed by atoms with Gasteiger partial charge in [-0.15, -0.1) is 0 Å². The smallest absolute Gasteiger partial charge is 0.415 e. The minimum absolute atomic E-state index is 0.0148. The second-order valence-electron chi connectivity index (χ2n) is 12.7. The number of carbonyl (C=O) groups is 2. The number of amides is 2. The molecule has 1 N–H and O–H groups in total. The Hall–Kier alpha value is -3.40. The first-order chi connectivity index (χ1) is 20.2. The van der Waals surface area contributed by atoms with Gasteiger partial charge in [0.05, 0.1) is 11.6 Å². The number of anilines is 2. The molecule has 2 amide bonds. The first kappa shape index (κ1) is 30.1. The molecule has 1 unspecified atom stereocenters. The Labute approximate surface area is 249 Å². The predicted molar refractivity (Wildman–Crippen MR) is 162 cm³/mol. The highest BCUT2D eigenvalue weighted by molar-refractivity contribution is 5.89. The number of hydrogen-bond acceptors (Lipinski definition) is 8. The molecular weight excluding hydrogens is 532 g/mol. The summed E-state index contributed by atoms with van der Waals surface area (Å²) >= 11 is 0. The average Bonchev–Trinajstić information content (AvgIpc) is 2.96. The van der Waals surface area contributed by atoms with Gasteiger partial charge >= 0.3 is 12.2 Å². The number of benzene rings is 1. The molecule has 0 spiro atoms. The van der Waals surface area contributed by atoms with Gasteiger partial charge in [-0.05, 0) is 51.7 Å².